The summed E-state index contributed by atoms with van der Waals surface area (Å²) in [6, 6.07) is 0. The summed E-state index contributed by atoms with van der Waals surface area (Å²) in [5, 5.41) is 9.66. The van der Waals surface area contributed by atoms with Gasteiger partial charge in [0.15, 0.2) is 0 Å². The smallest absolute Gasteiger partial charge is 0.245 e. The Hall–Kier alpha value is -1.36. The molecule has 2 rings (SSSR count). The fraction of sp³-hybridized carbons (Fsp3) is 0.692. The number of H-pyrrole nitrogens is 1. The van der Waals surface area contributed by atoms with Crippen molar-refractivity contribution in [2.24, 2.45) is 11.7 Å². The highest BCUT2D eigenvalue weighted by atomic mass is 16.2. The van der Waals surface area contributed by atoms with Crippen LogP contribution in [0.5, 0.6) is 0 Å². The third-order valence-electron chi connectivity index (χ3n) is 3.82. The van der Waals surface area contributed by atoms with Gasteiger partial charge in [-0.3, -0.25) is 9.89 Å². The van der Waals surface area contributed by atoms with Crippen LogP contribution in [0.25, 0.3) is 0 Å². The molecule has 0 saturated heterocycles. The third kappa shape index (κ3) is 2.56. The summed E-state index contributed by atoms with van der Waals surface area (Å²) in [6.45, 7) is 4.18. The van der Waals surface area contributed by atoms with E-state index in [1.165, 1.54) is 0 Å². The SMILES string of the molecule is CCc1cn[nH]c1NC(=O)C1(N)CCCC(C)C1. The molecule has 100 valence electrons. The fourth-order valence-electron chi connectivity index (χ4n) is 2.72. The van der Waals surface area contributed by atoms with Gasteiger partial charge in [0.1, 0.15) is 5.82 Å². The molecule has 1 saturated carbocycles. The molecular formula is C13H22N4O. The first kappa shape index (κ1) is 13.1. The van der Waals surface area contributed by atoms with Crippen LogP contribution < -0.4 is 11.1 Å². The van der Waals surface area contributed by atoms with Crippen molar-refractivity contribution in [3.63, 3.8) is 0 Å². The van der Waals surface area contributed by atoms with Crippen LogP contribution >= 0.6 is 0 Å². The van der Waals surface area contributed by atoms with Gasteiger partial charge in [0.25, 0.3) is 0 Å². The number of rotatable bonds is 3. The van der Waals surface area contributed by atoms with Gasteiger partial charge in [-0.25, -0.2) is 0 Å². The first-order valence-corrected chi connectivity index (χ1v) is 6.67. The summed E-state index contributed by atoms with van der Waals surface area (Å²) < 4.78 is 0. The number of carbonyl (C=O) groups excluding carboxylic acids is 1. The van der Waals surface area contributed by atoms with Gasteiger partial charge in [0, 0.05) is 5.56 Å². The normalized spacial score (nSPS) is 28.1. The van der Waals surface area contributed by atoms with Gasteiger partial charge in [-0.15, -0.1) is 0 Å². The van der Waals surface area contributed by atoms with Gasteiger partial charge in [-0.05, 0) is 25.2 Å². The second kappa shape index (κ2) is 5.10. The number of nitrogens with zero attached hydrogens (tertiary/aromatic N) is 1. The number of amides is 1. The Morgan fingerprint density at radius 3 is 3.17 bits per heavy atom. The van der Waals surface area contributed by atoms with Crippen molar-refractivity contribution >= 4 is 11.7 Å². The van der Waals surface area contributed by atoms with Gasteiger partial charge in [-0.2, -0.15) is 5.10 Å². The Morgan fingerprint density at radius 2 is 2.50 bits per heavy atom. The Labute approximate surface area is 108 Å². The molecule has 5 heteroatoms. The third-order valence-corrected chi connectivity index (χ3v) is 3.82. The van der Waals surface area contributed by atoms with Crippen molar-refractivity contribution in [3.8, 4) is 0 Å². The molecule has 18 heavy (non-hydrogen) atoms. The Morgan fingerprint density at radius 1 is 1.72 bits per heavy atom. The summed E-state index contributed by atoms with van der Waals surface area (Å²) in [5.41, 5.74) is 6.54. The number of hydrogen-bond donors (Lipinski definition) is 3. The minimum absolute atomic E-state index is 0.0898. The molecule has 2 atom stereocenters. The number of hydrogen-bond acceptors (Lipinski definition) is 3. The minimum Gasteiger partial charge on any atom is -0.317 e. The Kier molecular flexibility index (Phi) is 3.71. The van der Waals surface area contributed by atoms with E-state index in [2.05, 4.69) is 22.4 Å². The quantitative estimate of drug-likeness (QED) is 0.765. The molecule has 4 N–H and O–H groups in total. The minimum atomic E-state index is -0.728. The van der Waals surface area contributed by atoms with Crippen LogP contribution in [0.2, 0.25) is 0 Å². The van der Waals surface area contributed by atoms with Crippen LogP contribution in [0.1, 0.15) is 45.1 Å². The highest BCUT2D eigenvalue weighted by molar-refractivity contribution is 5.97. The average molecular weight is 250 g/mol. The van der Waals surface area contributed by atoms with Crippen LogP contribution in [0, 0.1) is 5.92 Å². The maximum absolute atomic E-state index is 12.3. The van der Waals surface area contributed by atoms with E-state index >= 15 is 0 Å². The molecule has 0 aromatic carbocycles. The van der Waals surface area contributed by atoms with E-state index in [9.17, 15) is 4.79 Å². The molecule has 1 aromatic rings. The van der Waals surface area contributed by atoms with Crippen LogP contribution in [-0.4, -0.2) is 21.6 Å². The van der Waals surface area contributed by atoms with Crippen LogP contribution in [-0.2, 0) is 11.2 Å². The number of carbonyl (C=O) groups is 1. The average Bonchev–Trinajstić information content (AvgIpc) is 2.76. The lowest BCUT2D eigenvalue weighted by Gasteiger charge is -2.35. The number of nitrogens with one attached hydrogen (secondary N) is 2. The predicted octanol–water partition coefficient (Wildman–Crippen LogP) is 1.82. The number of nitrogens with two attached hydrogens (primary N) is 1. The van der Waals surface area contributed by atoms with Crippen molar-refractivity contribution < 1.29 is 4.79 Å². The van der Waals surface area contributed by atoms with Crippen LogP contribution in [0.4, 0.5) is 5.82 Å². The van der Waals surface area contributed by atoms with Crippen molar-refractivity contribution in [1.29, 1.82) is 0 Å². The van der Waals surface area contributed by atoms with Gasteiger partial charge in [-0.1, -0.05) is 26.7 Å². The van der Waals surface area contributed by atoms with Crippen LogP contribution in [0.3, 0.4) is 0 Å². The number of aromatic amines is 1. The number of aryl methyl sites for hydroxylation is 1. The van der Waals surface area contributed by atoms with Crippen molar-refractivity contribution in [3.05, 3.63) is 11.8 Å². The molecule has 1 amide bonds. The van der Waals surface area contributed by atoms with Crippen LogP contribution in [0.15, 0.2) is 6.20 Å². The molecule has 0 aliphatic heterocycles. The first-order valence-electron chi connectivity index (χ1n) is 6.67. The van der Waals surface area contributed by atoms with E-state index in [0.29, 0.717) is 11.7 Å². The van der Waals surface area contributed by atoms with E-state index < -0.39 is 5.54 Å². The lowest BCUT2D eigenvalue weighted by molar-refractivity contribution is -0.122. The molecule has 1 fully saturated rings. The fourth-order valence-corrected chi connectivity index (χ4v) is 2.72. The molecule has 1 aliphatic rings. The zero-order chi connectivity index (χ0) is 13.2. The molecule has 1 aliphatic carbocycles. The van der Waals surface area contributed by atoms with E-state index in [1.54, 1.807) is 6.20 Å². The van der Waals surface area contributed by atoms with E-state index in [4.69, 9.17) is 5.73 Å². The summed E-state index contributed by atoms with van der Waals surface area (Å²) >= 11 is 0. The number of anilines is 1. The van der Waals surface area contributed by atoms with E-state index in [0.717, 1.165) is 37.7 Å². The van der Waals surface area contributed by atoms with Gasteiger partial charge < -0.3 is 11.1 Å². The van der Waals surface area contributed by atoms with Gasteiger partial charge in [0.05, 0.1) is 11.7 Å². The zero-order valence-corrected chi connectivity index (χ0v) is 11.1. The second-order valence-electron chi connectivity index (χ2n) is 5.44. The molecule has 1 aromatic heterocycles. The van der Waals surface area contributed by atoms with Gasteiger partial charge in [0.2, 0.25) is 5.91 Å². The maximum atomic E-state index is 12.3. The van der Waals surface area contributed by atoms with Crippen molar-refractivity contribution in [2.75, 3.05) is 5.32 Å². The summed E-state index contributed by atoms with van der Waals surface area (Å²) in [6.07, 6.45) is 6.28. The van der Waals surface area contributed by atoms with Gasteiger partial charge >= 0.3 is 0 Å². The predicted molar refractivity (Wildman–Crippen MR) is 71.1 cm³/mol. The second-order valence-corrected chi connectivity index (χ2v) is 5.44. The zero-order valence-electron chi connectivity index (χ0n) is 11.1. The topological polar surface area (TPSA) is 83.8 Å². The molecule has 0 spiro atoms. The molecule has 5 nitrogen and oxygen atoms in total. The summed E-state index contributed by atoms with van der Waals surface area (Å²) in [4.78, 5) is 12.3. The first-order chi connectivity index (χ1) is 8.55. The highest BCUT2D eigenvalue weighted by Gasteiger charge is 2.38. The van der Waals surface area contributed by atoms with E-state index in [-0.39, 0.29) is 5.91 Å². The highest BCUT2D eigenvalue weighted by Crippen LogP contribution is 2.31. The molecule has 2 unspecified atom stereocenters. The number of aromatic nitrogens is 2. The van der Waals surface area contributed by atoms with E-state index in [1.807, 2.05) is 6.92 Å². The molecule has 1 heterocycles. The van der Waals surface area contributed by atoms with Crippen molar-refractivity contribution in [1.82, 2.24) is 10.2 Å². The Bertz CT molecular complexity index is 428. The lowest BCUT2D eigenvalue weighted by Crippen LogP contribution is -2.53. The largest absolute Gasteiger partial charge is 0.317 e. The standard InChI is InChI=1S/C13H22N4O/c1-3-10-8-15-17-11(10)16-12(18)13(14)6-4-5-9(2)7-13/h8-9H,3-7,14H2,1-2H3,(H2,15,16,17,18). The lowest BCUT2D eigenvalue weighted by atomic mass is 9.76. The summed E-state index contributed by atoms with van der Waals surface area (Å²) in [7, 11) is 0. The molecular weight excluding hydrogens is 228 g/mol. The Balaban J connectivity index is 2.07. The summed E-state index contributed by atoms with van der Waals surface area (Å²) in [5.74, 6) is 1.11. The monoisotopic (exact) mass is 250 g/mol. The molecule has 0 bridgehead atoms. The van der Waals surface area contributed by atoms with Crippen molar-refractivity contribution in [2.45, 2.75) is 51.5 Å². The molecule has 0 radical (unpaired) electrons. The maximum Gasteiger partial charge on any atom is 0.245 e.